The Morgan fingerprint density at radius 1 is 1.22 bits per heavy atom. The molecule has 2 atom stereocenters. The number of aliphatic carboxylic acids is 1. The molecule has 1 fully saturated rings. The first kappa shape index (κ1) is 16.2. The molecule has 1 aromatic carbocycles. The topological polar surface area (TPSA) is 40.5 Å². The largest absolute Gasteiger partial charge is 0.480 e. The van der Waals surface area contributed by atoms with Crippen molar-refractivity contribution in [1.29, 1.82) is 0 Å². The van der Waals surface area contributed by atoms with Crippen LogP contribution in [0.3, 0.4) is 0 Å². The van der Waals surface area contributed by atoms with E-state index in [1.807, 2.05) is 6.07 Å². The monoisotopic (exact) mass is 329 g/mol. The number of carbonyl (C=O) groups is 1. The number of rotatable bonds is 4. The van der Waals surface area contributed by atoms with E-state index in [0.29, 0.717) is 0 Å². The van der Waals surface area contributed by atoms with Gasteiger partial charge in [0.1, 0.15) is 6.04 Å². The number of carboxylic acid groups (broad SMARTS) is 1. The summed E-state index contributed by atoms with van der Waals surface area (Å²) in [7, 11) is 0. The Bertz CT molecular complexity index is 694. The Labute approximate surface area is 141 Å². The summed E-state index contributed by atoms with van der Waals surface area (Å²) in [5, 5.41) is 11.8. The molecular weight excluding hydrogens is 306 g/mol. The van der Waals surface area contributed by atoms with Crippen LogP contribution in [0.5, 0.6) is 0 Å². The standard InChI is InChI=1S/C19H23NO2S/c1-13-7-3-4-8-15(13)17(18-14(2)10-12-23-18)20-11-6-5-9-16(20)19(21)22/h3-4,7-8,10,12,16-17H,5-6,9,11H2,1-2H3,(H,21,22). The average Bonchev–Trinajstić information content (AvgIpc) is 2.96. The molecular formula is C19H23NO2S. The van der Waals surface area contributed by atoms with Gasteiger partial charge >= 0.3 is 5.97 Å². The van der Waals surface area contributed by atoms with Crippen molar-refractivity contribution in [2.45, 2.75) is 45.2 Å². The molecule has 0 radical (unpaired) electrons. The summed E-state index contributed by atoms with van der Waals surface area (Å²) in [4.78, 5) is 15.3. The van der Waals surface area contributed by atoms with E-state index in [4.69, 9.17) is 0 Å². The number of thiophene rings is 1. The third-order valence-corrected chi connectivity index (χ3v) is 5.87. The Hall–Kier alpha value is -1.65. The van der Waals surface area contributed by atoms with Crippen LogP contribution in [0.4, 0.5) is 0 Å². The summed E-state index contributed by atoms with van der Waals surface area (Å²) in [6.07, 6.45) is 2.80. The van der Waals surface area contributed by atoms with Crippen molar-refractivity contribution in [3.63, 3.8) is 0 Å². The van der Waals surface area contributed by atoms with Crippen LogP contribution in [-0.4, -0.2) is 28.6 Å². The van der Waals surface area contributed by atoms with Crippen LogP contribution < -0.4 is 0 Å². The van der Waals surface area contributed by atoms with E-state index in [1.54, 1.807) is 11.3 Å². The maximum atomic E-state index is 11.8. The van der Waals surface area contributed by atoms with Crippen molar-refractivity contribution < 1.29 is 9.90 Å². The van der Waals surface area contributed by atoms with Gasteiger partial charge in [-0.1, -0.05) is 30.7 Å². The zero-order valence-electron chi connectivity index (χ0n) is 13.7. The van der Waals surface area contributed by atoms with Crippen LogP contribution in [0.1, 0.15) is 46.9 Å². The molecule has 0 spiro atoms. The van der Waals surface area contributed by atoms with E-state index in [1.165, 1.54) is 21.6 Å². The number of nitrogens with zero attached hydrogens (tertiary/aromatic N) is 1. The van der Waals surface area contributed by atoms with Gasteiger partial charge in [-0.2, -0.15) is 0 Å². The van der Waals surface area contributed by atoms with E-state index < -0.39 is 12.0 Å². The molecule has 1 aromatic heterocycles. The molecule has 3 rings (SSSR count). The molecule has 0 aliphatic carbocycles. The highest BCUT2D eigenvalue weighted by molar-refractivity contribution is 7.10. The van der Waals surface area contributed by atoms with Gasteiger partial charge in [0.2, 0.25) is 0 Å². The SMILES string of the molecule is Cc1ccccc1C(c1sccc1C)N1CCCCC1C(=O)O. The fourth-order valence-corrected chi connectivity index (χ4v) is 4.62. The van der Waals surface area contributed by atoms with Gasteiger partial charge in [0.05, 0.1) is 6.04 Å². The fourth-order valence-electron chi connectivity index (χ4n) is 3.56. The molecule has 1 N–H and O–H groups in total. The average molecular weight is 329 g/mol. The quantitative estimate of drug-likeness (QED) is 0.904. The van der Waals surface area contributed by atoms with Crippen LogP contribution in [0.2, 0.25) is 0 Å². The number of carboxylic acids is 1. The maximum absolute atomic E-state index is 11.8. The van der Waals surface area contributed by atoms with Crippen LogP contribution in [0, 0.1) is 13.8 Å². The second-order valence-electron chi connectivity index (χ2n) is 6.31. The summed E-state index contributed by atoms with van der Waals surface area (Å²) < 4.78 is 0. The van der Waals surface area contributed by atoms with Crippen molar-refractivity contribution in [3.8, 4) is 0 Å². The Morgan fingerprint density at radius 2 is 2.00 bits per heavy atom. The molecule has 2 heterocycles. The van der Waals surface area contributed by atoms with Crippen LogP contribution in [0.15, 0.2) is 35.7 Å². The summed E-state index contributed by atoms with van der Waals surface area (Å²) in [5.41, 5.74) is 3.70. The van der Waals surface area contributed by atoms with Crippen LogP contribution >= 0.6 is 11.3 Å². The van der Waals surface area contributed by atoms with E-state index in [2.05, 4.69) is 48.4 Å². The number of aryl methyl sites for hydroxylation is 2. The molecule has 3 nitrogen and oxygen atoms in total. The van der Waals surface area contributed by atoms with Crippen LogP contribution in [-0.2, 0) is 4.79 Å². The summed E-state index contributed by atoms with van der Waals surface area (Å²) in [5.74, 6) is -0.697. The molecule has 2 aromatic rings. The van der Waals surface area contributed by atoms with Gasteiger partial charge in [-0.05, 0) is 61.4 Å². The predicted octanol–water partition coefficient (Wildman–Crippen LogP) is 4.39. The third-order valence-electron chi connectivity index (χ3n) is 4.79. The summed E-state index contributed by atoms with van der Waals surface area (Å²) >= 11 is 1.73. The van der Waals surface area contributed by atoms with E-state index in [0.717, 1.165) is 25.8 Å². The van der Waals surface area contributed by atoms with Gasteiger partial charge in [0, 0.05) is 4.88 Å². The minimum Gasteiger partial charge on any atom is -0.480 e. The minimum absolute atomic E-state index is 0.0394. The minimum atomic E-state index is -0.697. The number of benzene rings is 1. The Balaban J connectivity index is 2.10. The first-order valence-corrected chi connectivity index (χ1v) is 9.05. The zero-order chi connectivity index (χ0) is 16.4. The van der Waals surface area contributed by atoms with Crippen molar-refractivity contribution in [2.24, 2.45) is 0 Å². The van der Waals surface area contributed by atoms with E-state index in [9.17, 15) is 9.90 Å². The van der Waals surface area contributed by atoms with Gasteiger partial charge < -0.3 is 5.11 Å². The molecule has 1 aliphatic heterocycles. The fraction of sp³-hybridized carbons (Fsp3) is 0.421. The second-order valence-corrected chi connectivity index (χ2v) is 7.26. The van der Waals surface area contributed by atoms with Gasteiger partial charge in [-0.15, -0.1) is 11.3 Å². The first-order chi connectivity index (χ1) is 11.1. The van der Waals surface area contributed by atoms with Gasteiger partial charge in [-0.3, -0.25) is 9.69 Å². The normalized spacial score (nSPS) is 20.3. The highest BCUT2D eigenvalue weighted by Gasteiger charge is 2.36. The smallest absolute Gasteiger partial charge is 0.320 e. The van der Waals surface area contributed by atoms with Gasteiger partial charge in [0.15, 0.2) is 0 Å². The molecule has 2 unspecified atom stereocenters. The number of hydrogen-bond donors (Lipinski definition) is 1. The van der Waals surface area contributed by atoms with Gasteiger partial charge in [0.25, 0.3) is 0 Å². The highest BCUT2D eigenvalue weighted by Crippen LogP contribution is 2.39. The van der Waals surface area contributed by atoms with Crippen molar-refractivity contribution in [3.05, 3.63) is 57.3 Å². The van der Waals surface area contributed by atoms with Crippen molar-refractivity contribution in [2.75, 3.05) is 6.54 Å². The predicted molar refractivity (Wildman–Crippen MR) is 94.1 cm³/mol. The summed E-state index contributed by atoms with van der Waals surface area (Å²) in [6.45, 7) is 5.08. The summed E-state index contributed by atoms with van der Waals surface area (Å²) in [6, 6.07) is 10.1. The van der Waals surface area contributed by atoms with Gasteiger partial charge in [-0.25, -0.2) is 0 Å². The lowest BCUT2D eigenvalue weighted by Crippen LogP contribution is -2.46. The van der Waals surface area contributed by atoms with Crippen molar-refractivity contribution in [1.82, 2.24) is 4.90 Å². The molecule has 1 saturated heterocycles. The molecule has 4 heteroatoms. The van der Waals surface area contributed by atoms with Crippen LogP contribution in [0.25, 0.3) is 0 Å². The van der Waals surface area contributed by atoms with E-state index in [-0.39, 0.29) is 6.04 Å². The molecule has 122 valence electrons. The lowest BCUT2D eigenvalue weighted by Gasteiger charge is -2.39. The molecule has 0 amide bonds. The number of likely N-dealkylation sites (tertiary alicyclic amines) is 1. The second kappa shape index (κ2) is 6.85. The van der Waals surface area contributed by atoms with E-state index >= 15 is 0 Å². The third kappa shape index (κ3) is 3.19. The lowest BCUT2D eigenvalue weighted by molar-refractivity contribution is -0.145. The Kier molecular flexibility index (Phi) is 4.83. The Morgan fingerprint density at radius 3 is 2.65 bits per heavy atom. The number of hydrogen-bond acceptors (Lipinski definition) is 3. The number of piperidine rings is 1. The molecule has 23 heavy (non-hydrogen) atoms. The molecule has 0 saturated carbocycles. The lowest BCUT2D eigenvalue weighted by atomic mass is 9.92. The maximum Gasteiger partial charge on any atom is 0.320 e. The highest BCUT2D eigenvalue weighted by atomic mass is 32.1. The molecule has 1 aliphatic rings. The zero-order valence-corrected chi connectivity index (χ0v) is 14.5. The van der Waals surface area contributed by atoms with Crippen molar-refractivity contribution >= 4 is 17.3 Å². The molecule has 0 bridgehead atoms. The first-order valence-electron chi connectivity index (χ1n) is 8.17.